The molecule has 1 saturated carbocycles. The van der Waals surface area contributed by atoms with Crippen LogP contribution in [0.5, 0.6) is 5.75 Å². The Hall–Kier alpha value is -1.06. The number of nitrogens with one attached hydrogen (secondary N) is 1. The summed E-state index contributed by atoms with van der Waals surface area (Å²) in [5, 5.41) is 0. The Morgan fingerprint density at radius 2 is 2.22 bits per heavy atom. The zero-order valence-electron chi connectivity index (χ0n) is 11.4. The van der Waals surface area contributed by atoms with Crippen LogP contribution in [0, 0.1) is 5.92 Å². The first-order valence-corrected chi connectivity index (χ1v) is 6.97. The first-order valence-electron chi connectivity index (χ1n) is 6.97. The Kier molecular flexibility index (Phi) is 4.61. The van der Waals surface area contributed by atoms with E-state index in [0.717, 1.165) is 5.75 Å². The summed E-state index contributed by atoms with van der Waals surface area (Å²) in [6, 6.07) is 8.52. The molecule has 0 bridgehead atoms. The van der Waals surface area contributed by atoms with Crippen LogP contribution in [0.1, 0.15) is 51.1 Å². The second kappa shape index (κ2) is 6.21. The summed E-state index contributed by atoms with van der Waals surface area (Å²) in [4.78, 5) is 0. The predicted octanol–water partition coefficient (Wildman–Crippen LogP) is 3.17. The highest BCUT2D eigenvalue weighted by molar-refractivity contribution is 5.31. The van der Waals surface area contributed by atoms with Crippen LogP contribution in [0.25, 0.3) is 0 Å². The number of rotatable bonds is 7. The quantitative estimate of drug-likeness (QED) is 0.575. The van der Waals surface area contributed by atoms with Gasteiger partial charge in [0.2, 0.25) is 0 Å². The Morgan fingerprint density at radius 1 is 1.44 bits per heavy atom. The fraction of sp³-hybridized carbons (Fsp3) is 0.600. The molecule has 0 aromatic heterocycles. The predicted molar refractivity (Wildman–Crippen MR) is 74.2 cm³/mol. The lowest BCUT2D eigenvalue weighted by Gasteiger charge is -2.23. The van der Waals surface area contributed by atoms with E-state index in [0.29, 0.717) is 12.0 Å². The number of nitrogens with two attached hydrogens (primary N) is 1. The van der Waals surface area contributed by atoms with Crippen molar-refractivity contribution in [2.24, 2.45) is 11.8 Å². The van der Waals surface area contributed by atoms with E-state index in [1.807, 2.05) is 6.07 Å². The third-order valence-corrected chi connectivity index (χ3v) is 3.54. The van der Waals surface area contributed by atoms with Crippen LogP contribution < -0.4 is 16.0 Å². The second-order valence-corrected chi connectivity index (χ2v) is 5.30. The van der Waals surface area contributed by atoms with Crippen molar-refractivity contribution in [1.82, 2.24) is 5.43 Å². The molecule has 0 heterocycles. The van der Waals surface area contributed by atoms with E-state index in [2.05, 4.69) is 37.5 Å². The number of hydrogen-bond donors (Lipinski definition) is 2. The van der Waals surface area contributed by atoms with Gasteiger partial charge in [-0.05, 0) is 42.9 Å². The molecule has 1 aromatic carbocycles. The van der Waals surface area contributed by atoms with Crippen molar-refractivity contribution in [2.75, 3.05) is 0 Å². The highest BCUT2D eigenvalue weighted by atomic mass is 16.5. The Labute approximate surface area is 110 Å². The van der Waals surface area contributed by atoms with Gasteiger partial charge in [-0.25, -0.2) is 0 Å². The van der Waals surface area contributed by atoms with Gasteiger partial charge < -0.3 is 4.74 Å². The largest absolute Gasteiger partial charge is 0.490 e. The van der Waals surface area contributed by atoms with Crippen LogP contribution in [0.2, 0.25) is 0 Å². The molecule has 100 valence electrons. The van der Waals surface area contributed by atoms with Gasteiger partial charge in [-0.2, -0.15) is 0 Å². The molecule has 3 N–H and O–H groups in total. The second-order valence-electron chi connectivity index (χ2n) is 5.30. The van der Waals surface area contributed by atoms with E-state index in [9.17, 15) is 0 Å². The fourth-order valence-electron chi connectivity index (χ4n) is 2.37. The maximum Gasteiger partial charge on any atom is 0.120 e. The smallest absolute Gasteiger partial charge is 0.120 e. The maximum atomic E-state index is 5.83. The molecule has 18 heavy (non-hydrogen) atoms. The van der Waals surface area contributed by atoms with Crippen molar-refractivity contribution in [3.8, 4) is 5.75 Å². The lowest BCUT2D eigenvalue weighted by Crippen LogP contribution is -2.32. The van der Waals surface area contributed by atoms with E-state index >= 15 is 0 Å². The molecule has 0 amide bonds. The van der Waals surface area contributed by atoms with Crippen molar-refractivity contribution in [1.29, 1.82) is 0 Å². The summed E-state index contributed by atoms with van der Waals surface area (Å²) in [5.74, 6) is 7.20. The fourth-order valence-corrected chi connectivity index (χ4v) is 2.37. The van der Waals surface area contributed by atoms with Gasteiger partial charge in [-0.15, -0.1) is 0 Å². The Balaban J connectivity index is 2.08. The number of ether oxygens (including phenoxy) is 1. The first-order chi connectivity index (χ1) is 8.74. The van der Waals surface area contributed by atoms with E-state index in [1.165, 1.54) is 31.2 Å². The number of benzene rings is 1. The third-order valence-electron chi connectivity index (χ3n) is 3.54. The molecule has 3 heteroatoms. The summed E-state index contributed by atoms with van der Waals surface area (Å²) in [6.45, 7) is 4.44. The lowest BCUT2D eigenvalue weighted by atomic mass is 9.91. The van der Waals surface area contributed by atoms with Gasteiger partial charge in [0, 0.05) is 6.04 Å². The summed E-state index contributed by atoms with van der Waals surface area (Å²) in [7, 11) is 0. The molecule has 2 unspecified atom stereocenters. The van der Waals surface area contributed by atoms with E-state index in [1.54, 1.807) is 0 Å². The van der Waals surface area contributed by atoms with Gasteiger partial charge in [0.15, 0.2) is 0 Å². The molecule has 1 fully saturated rings. The van der Waals surface area contributed by atoms with E-state index in [-0.39, 0.29) is 6.04 Å². The van der Waals surface area contributed by atoms with Crippen molar-refractivity contribution in [3.63, 3.8) is 0 Å². The van der Waals surface area contributed by atoms with Crippen molar-refractivity contribution >= 4 is 0 Å². The molecule has 0 radical (unpaired) electrons. The molecule has 0 spiro atoms. The minimum absolute atomic E-state index is 0.202. The van der Waals surface area contributed by atoms with Gasteiger partial charge in [-0.1, -0.05) is 32.4 Å². The highest BCUT2D eigenvalue weighted by Gasteiger charge is 2.24. The lowest BCUT2D eigenvalue weighted by molar-refractivity contribution is 0.301. The third kappa shape index (κ3) is 3.47. The van der Waals surface area contributed by atoms with Crippen LogP contribution >= 0.6 is 0 Å². The topological polar surface area (TPSA) is 47.3 Å². The van der Waals surface area contributed by atoms with Crippen molar-refractivity contribution in [3.05, 3.63) is 29.8 Å². The van der Waals surface area contributed by atoms with Gasteiger partial charge in [0.25, 0.3) is 0 Å². The molecule has 1 aromatic rings. The van der Waals surface area contributed by atoms with Crippen LogP contribution in [0.4, 0.5) is 0 Å². The van der Waals surface area contributed by atoms with Crippen LogP contribution in [-0.4, -0.2) is 6.10 Å². The zero-order valence-corrected chi connectivity index (χ0v) is 11.4. The molecule has 2 rings (SSSR count). The molecular weight excluding hydrogens is 224 g/mol. The normalized spacial score (nSPS) is 18.4. The van der Waals surface area contributed by atoms with Crippen molar-refractivity contribution < 1.29 is 4.74 Å². The molecule has 3 nitrogen and oxygen atoms in total. The minimum atomic E-state index is 0.202. The summed E-state index contributed by atoms with van der Waals surface area (Å²) in [5.41, 5.74) is 4.16. The van der Waals surface area contributed by atoms with Crippen LogP contribution in [-0.2, 0) is 0 Å². The first kappa shape index (κ1) is 13.4. The van der Waals surface area contributed by atoms with Crippen LogP contribution in [0.15, 0.2) is 24.3 Å². The Bertz CT molecular complexity index is 377. The summed E-state index contributed by atoms with van der Waals surface area (Å²) >= 11 is 0. The SMILES string of the molecule is CCCC(C)C(NN)c1cccc(OC2CC2)c1. The monoisotopic (exact) mass is 248 g/mol. The number of hydrazine groups is 1. The Morgan fingerprint density at radius 3 is 2.83 bits per heavy atom. The zero-order chi connectivity index (χ0) is 13.0. The van der Waals surface area contributed by atoms with Gasteiger partial charge in [-0.3, -0.25) is 11.3 Å². The van der Waals surface area contributed by atoms with Crippen LogP contribution in [0.3, 0.4) is 0 Å². The molecule has 2 atom stereocenters. The van der Waals surface area contributed by atoms with Gasteiger partial charge in [0.05, 0.1) is 6.10 Å². The molecule has 1 aliphatic carbocycles. The molecular formula is C15H24N2O. The van der Waals surface area contributed by atoms with E-state index in [4.69, 9.17) is 10.6 Å². The van der Waals surface area contributed by atoms with Gasteiger partial charge in [0.1, 0.15) is 5.75 Å². The van der Waals surface area contributed by atoms with E-state index < -0.39 is 0 Å². The number of hydrogen-bond acceptors (Lipinski definition) is 3. The molecule has 1 aliphatic rings. The summed E-state index contributed by atoms with van der Waals surface area (Å²) in [6.07, 6.45) is 5.17. The molecule has 0 aliphatic heterocycles. The van der Waals surface area contributed by atoms with Gasteiger partial charge >= 0.3 is 0 Å². The minimum Gasteiger partial charge on any atom is -0.490 e. The highest BCUT2D eigenvalue weighted by Crippen LogP contribution is 2.30. The molecule has 0 saturated heterocycles. The maximum absolute atomic E-state index is 5.83. The van der Waals surface area contributed by atoms with Crippen molar-refractivity contribution in [2.45, 2.75) is 51.7 Å². The average Bonchev–Trinajstić information content (AvgIpc) is 3.15. The average molecular weight is 248 g/mol. The summed E-state index contributed by atoms with van der Waals surface area (Å²) < 4.78 is 5.83. The standard InChI is InChI=1S/C15H24N2O/c1-3-5-11(2)15(17-16)12-6-4-7-14(10-12)18-13-8-9-13/h4,6-7,10-11,13,15,17H,3,5,8-9,16H2,1-2H3.